The molecule has 0 aliphatic heterocycles. The van der Waals surface area contributed by atoms with Crippen molar-refractivity contribution in [1.82, 2.24) is 9.47 Å². The predicted molar refractivity (Wildman–Crippen MR) is 51.9 cm³/mol. The van der Waals surface area contributed by atoms with Gasteiger partial charge in [0, 0.05) is 27.3 Å². The van der Waals surface area contributed by atoms with Gasteiger partial charge >= 0.3 is 0 Å². The highest BCUT2D eigenvalue weighted by Crippen LogP contribution is 2.08. The first-order valence-corrected chi connectivity index (χ1v) is 4.11. The van der Waals surface area contributed by atoms with Gasteiger partial charge in [0.25, 0.3) is 5.91 Å². The summed E-state index contributed by atoms with van der Waals surface area (Å²) < 4.78 is 1.59. The van der Waals surface area contributed by atoms with Crippen LogP contribution < -0.4 is 5.73 Å². The lowest BCUT2D eigenvalue weighted by Gasteiger charge is -2.09. The number of carbonyl (C=O) groups excluding carboxylic acids is 2. The van der Waals surface area contributed by atoms with Crippen LogP contribution in [0.15, 0.2) is 12.3 Å². The van der Waals surface area contributed by atoms with Gasteiger partial charge in [0.1, 0.15) is 5.69 Å². The van der Waals surface area contributed by atoms with Gasteiger partial charge in [-0.3, -0.25) is 9.59 Å². The first-order valence-electron chi connectivity index (χ1n) is 4.11. The van der Waals surface area contributed by atoms with Crippen molar-refractivity contribution in [3.8, 4) is 0 Å². The van der Waals surface area contributed by atoms with Crippen molar-refractivity contribution in [3.05, 3.63) is 23.5 Å². The van der Waals surface area contributed by atoms with Crippen LogP contribution in [0.25, 0.3) is 0 Å². The molecular weight excluding hydrogens is 182 g/mol. The van der Waals surface area contributed by atoms with E-state index in [-0.39, 0.29) is 5.91 Å². The fourth-order valence-electron chi connectivity index (χ4n) is 1.14. The molecule has 0 saturated carbocycles. The van der Waals surface area contributed by atoms with Gasteiger partial charge in [-0.1, -0.05) is 0 Å². The minimum absolute atomic E-state index is 0.153. The summed E-state index contributed by atoms with van der Waals surface area (Å²) in [5.74, 6) is -0.682. The van der Waals surface area contributed by atoms with E-state index >= 15 is 0 Å². The van der Waals surface area contributed by atoms with Crippen LogP contribution in [-0.2, 0) is 7.05 Å². The zero-order valence-corrected chi connectivity index (χ0v) is 8.44. The van der Waals surface area contributed by atoms with E-state index in [9.17, 15) is 9.59 Å². The molecule has 5 heteroatoms. The smallest absolute Gasteiger partial charge is 0.269 e. The molecule has 0 fully saturated rings. The topological polar surface area (TPSA) is 68.3 Å². The van der Waals surface area contributed by atoms with Crippen molar-refractivity contribution in [1.29, 1.82) is 0 Å². The minimum atomic E-state index is -0.529. The Labute approximate surface area is 82.1 Å². The lowest BCUT2D eigenvalue weighted by Crippen LogP contribution is -2.23. The van der Waals surface area contributed by atoms with Crippen molar-refractivity contribution in [2.45, 2.75) is 0 Å². The molecule has 1 rings (SSSR count). The second-order valence-electron chi connectivity index (χ2n) is 3.29. The molecule has 0 saturated heterocycles. The molecule has 2 amide bonds. The number of rotatable bonds is 2. The highest BCUT2D eigenvalue weighted by atomic mass is 16.2. The average Bonchev–Trinajstić information content (AvgIpc) is 2.46. The van der Waals surface area contributed by atoms with Crippen LogP contribution in [0.2, 0.25) is 0 Å². The Morgan fingerprint density at radius 1 is 1.43 bits per heavy atom. The molecule has 0 aliphatic rings. The normalized spacial score (nSPS) is 9.93. The third kappa shape index (κ3) is 1.76. The van der Waals surface area contributed by atoms with Crippen molar-refractivity contribution in [2.24, 2.45) is 12.8 Å². The zero-order valence-electron chi connectivity index (χ0n) is 8.44. The quantitative estimate of drug-likeness (QED) is 0.711. The maximum atomic E-state index is 11.6. The van der Waals surface area contributed by atoms with Gasteiger partial charge in [0.2, 0.25) is 5.91 Å². The monoisotopic (exact) mass is 195 g/mol. The van der Waals surface area contributed by atoms with Gasteiger partial charge in [-0.15, -0.1) is 0 Å². The summed E-state index contributed by atoms with van der Waals surface area (Å²) in [7, 11) is 5.00. The molecule has 0 bridgehead atoms. The number of nitrogens with zero attached hydrogens (tertiary/aromatic N) is 2. The highest BCUT2D eigenvalue weighted by molar-refractivity contribution is 5.98. The van der Waals surface area contributed by atoms with E-state index in [1.54, 1.807) is 31.9 Å². The Morgan fingerprint density at radius 2 is 2.00 bits per heavy atom. The van der Waals surface area contributed by atoms with Crippen LogP contribution in [0.3, 0.4) is 0 Å². The molecule has 0 atom stereocenters. The van der Waals surface area contributed by atoms with Crippen LogP contribution in [-0.4, -0.2) is 35.4 Å². The van der Waals surface area contributed by atoms with Crippen molar-refractivity contribution in [3.63, 3.8) is 0 Å². The molecule has 5 nitrogen and oxygen atoms in total. The van der Waals surface area contributed by atoms with E-state index in [1.165, 1.54) is 11.0 Å². The van der Waals surface area contributed by atoms with Crippen LogP contribution in [0.5, 0.6) is 0 Å². The van der Waals surface area contributed by atoms with Crippen molar-refractivity contribution in [2.75, 3.05) is 14.1 Å². The van der Waals surface area contributed by atoms with E-state index in [0.29, 0.717) is 11.3 Å². The van der Waals surface area contributed by atoms with Crippen LogP contribution in [0.4, 0.5) is 0 Å². The second-order valence-corrected chi connectivity index (χ2v) is 3.29. The lowest BCUT2D eigenvalue weighted by atomic mass is 10.3. The number of amides is 2. The Hall–Kier alpha value is -1.78. The van der Waals surface area contributed by atoms with Crippen LogP contribution in [0, 0.1) is 0 Å². The second kappa shape index (κ2) is 3.53. The van der Waals surface area contributed by atoms with E-state index in [1.807, 2.05) is 0 Å². The lowest BCUT2D eigenvalue weighted by molar-refractivity contribution is 0.0818. The Morgan fingerprint density at radius 3 is 2.36 bits per heavy atom. The average molecular weight is 195 g/mol. The predicted octanol–water partition coefficient (Wildman–Crippen LogP) is -0.174. The Bertz CT molecular complexity index is 379. The first-order chi connectivity index (χ1) is 6.43. The van der Waals surface area contributed by atoms with Gasteiger partial charge < -0.3 is 15.2 Å². The summed E-state index contributed by atoms with van der Waals surface area (Å²) in [5.41, 5.74) is 5.89. The molecule has 2 N–H and O–H groups in total. The molecular formula is C9H13N3O2. The maximum Gasteiger partial charge on any atom is 0.269 e. The summed E-state index contributed by atoms with van der Waals surface area (Å²) in [6.45, 7) is 0. The van der Waals surface area contributed by atoms with E-state index in [4.69, 9.17) is 5.73 Å². The Balaban J connectivity index is 3.11. The summed E-state index contributed by atoms with van der Waals surface area (Å²) in [6, 6.07) is 1.49. The van der Waals surface area contributed by atoms with Gasteiger partial charge in [0.15, 0.2) is 0 Å². The molecule has 1 aromatic heterocycles. The fraction of sp³-hybridized carbons (Fsp3) is 0.333. The van der Waals surface area contributed by atoms with Gasteiger partial charge in [0.05, 0.1) is 5.56 Å². The summed E-state index contributed by atoms with van der Waals surface area (Å²) >= 11 is 0. The zero-order chi connectivity index (χ0) is 10.9. The molecule has 0 spiro atoms. The number of hydrogen-bond acceptors (Lipinski definition) is 2. The number of aromatic nitrogens is 1. The fourth-order valence-corrected chi connectivity index (χ4v) is 1.14. The molecule has 0 unspecified atom stereocenters. The first kappa shape index (κ1) is 10.3. The molecule has 1 heterocycles. The number of carbonyl (C=O) groups is 2. The minimum Gasteiger partial charge on any atom is -0.366 e. The van der Waals surface area contributed by atoms with Crippen LogP contribution in [0.1, 0.15) is 20.8 Å². The number of hydrogen-bond donors (Lipinski definition) is 1. The number of primary amides is 1. The molecule has 0 aromatic carbocycles. The van der Waals surface area contributed by atoms with Gasteiger partial charge in [-0.2, -0.15) is 0 Å². The maximum absolute atomic E-state index is 11.6. The van der Waals surface area contributed by atoms with Crippen molar-refractivity contribution >= 4 is 11.8 Å². The molecule has 0 radical (unpaired) electrons. The summed E-state index contributed by atoms with van der Waals surface area (Å²) in [6.07, 6.45) is 1.54. The third-order valence-corrected chi connectivity index (χ3v) is 1.91. The van der Waals surface area contributed by atoms with Crippen molar-refractivity contribution < 1.29 is 9.59 Å². The van der Waals surface area contributed by atoms with Gasteiger partial charge in [-0.25, -0.2) is 0 Å². The molecule has 0 aliphatic carbocycles. The molecule has 76 valence electrons. The molecule has 14 heavy (non-hydrogen) atoms. The van der Waals surface area contributed by atoms with E-state index in [0.717, 1.165) is 0 Å². The Kier molecular flexibility index (Phi) is 2.60. The highest BCUT2D eigenvalue weighted by Gasteiger charge is 2.15. The van der Waals surface area contributed by atoms with E-state index < -0.39 is 5.91 Å². The number of nitrogens with two attached hydrogens (primary N) is 1. The van der Waals surface area contributed by atoms with Gasteiger partial charge in [-0.05, 0) is 6.07 Å². The summed E-state index contributed by atoms with van der Waals surface area (Å²) in [4.78, 5) is 23.8. The SMILES string of the molecule is CN(C)C(=O)c1cc(C(N)=O)cn1C. The largest absolute Gasteiger partial charge is 0.366 e. The third-order valence-electron chi connectivity index (χ3n) is 1.91. The number of aryl methyl sites for hydroxylation is 1. The molecule has 1 aromatic rings. The van der Waals surface area contributed by atoms with E-state index in [2.05, 4.69) is 0 Å². The van der Waals surface area contributed by atoms with Crippen LogP contribution >= 0.6 is 0 Å². The summed E-state index contributed by atoms with van der Waals surface area (Å²) in [5, 5.41) is 0. The standard InChI is InChI=1S/C9H13N3O2/c1-11(2)9(14)7-4-6(8(10)13)5-12(7)3/h4-5H,1-3H3,(H2,10,13).